The number of methoxy groups -OCH3 is 1. The van der Waals surface area contributed by atoms with Gasteiger partial charge in [-0.15, -0.1) is 0 Å². The summed E-state index contributed by atoms with van der Waals surface area (Å²) in [5.74, 6) is -0.211. The largest absolute Gasteiger partial charge is 0.450 e. The first kappa shape index (κ1) is 17.4. The number of ether oxygens (including phenoxy) is 1. The lowest BCUT2D eigenvalue weighted by Gasteiger charge is -2.23. The van der Waals surface area contributed by atoms with Gasteiger partial charge in [0.05, 0.1) is 23.3 Å². The minimum Gasteiger partial charge on any atom is -0.450 e. The van der Waals surface area contributed by atoms with Crippen molar-refractivity contribution >= 4 is 16.9 Å². The molecule has 0 radical (unpaired) electrons. The van der Waals surface area contributed by atoms with Crippen LogP contribution in [0, 0.1) is 13.8 Å². The van der Waals surface area contributed by atoms with Gasteiger partial charge in [0.2, 0.25) is 5.76 Å². The molecule has 1 unspecified atom stereocenters. The van der Waals surface area contributed by atoms with E-state index in [2.05, 4.69) is 4.98 Å². The minimum atomic E-state index is -0.578. The van der Waals surface area contributed by atoms with Gasteiger partial charge in [-0.25, -0.2) is 0 Å². The molecular formula is C21H20N2O4. The second-order valence-corrected chi connectivity index (χ2v) is 6.76. The smallest absolute Gasteiger partial charge is 0.291 e. The molecule has 0 bridgehead atoms. The number of rotatable bonds is 4. The summed E-state index contributed by atoms with van der Waals surface area (Å²) < 4.78 is 11.1. The van der Waals surface area contributed by atoms with Crippen molar-refractivity contribution in [3.05, 3.63) is 74.9 Å². The van der Waals surface area contributed by atoms with E-state index in [1.165, 1.54) is 0 Å². The highest BCUT2D eigenvalue weighted by molar-refractivity contribution is 5.99. The number of aromatic nitrogens is 1. The van der Waals surface area contributed by atoms with Crippen molar-refractivity contribution < 1.29 is 13.9 Å². The molecule has 0 spiro atoms. The van der Waals surface area contributed by atoms with Crippen LogP contribution in [0.2, 0.25) is 0 Å². The predicted molar refractivity (Wildman–Crippen MR) is 101 cm³/mol. The fourth-order valence-electron chi connectivity index (χ4n) is 3.54. The molecule has 1 aliphatic heterocycles. The Morgan fingerprint density at radius 1 is 1.19 bits per heavy atom. The van der Waals surface area contributed by atoms with Crippen LogP contribution >= 0.6 is 0 Å². The SMILES string of the molecule is COCCN1C(=O)c2oc3cc(C)c(C)cc3c(=O)c2C1c1ccccn1. The Morgan fingerprint density at radius 3 is 2.67 bits per heavy atom. The van der Waals surface area contributed by atoms with E-state index >= 15 is 0 Å². The van der Waals surface area contributed by atoms with E-state index in [1.54, 1.807) is 24.3 Å². The summed E-state index contributed by atoms with van der Waals surface area (Å²) in [4.78, 5) is 32.4. The molecule has 6 heteroatoms. The highest BCUT2D eigenvalue weighted by Crippen LogP contribution is 2.37. The second kappa shape index (κ2) is 6.63. The van der Waals surface area contributed by atoms with Gasteiger partial charge in [-0.05, 0) is 49.2 Å². The Bertz CT molecular complexity index is 1090. The molecule has 138 valence electrons. The third kappa shape index (κ3) is 2.73. The molecule has 1 aliphatic rings. The van der Waals surface area contributed by atoms with Crippen LogP contribution in [0.25, 0.3) is 11.0 Å². The maximum absolute atomic E-state index is 13.3. The van der Waals surface area contributed by atoms with E-state index in [1.807, 2.05) is 38.1 Å². The van der Waals surface area contributed by atoms with Gasteiger partial charge in [-0.2, -0.15) is 0 Å². The third-order valence-electron chi connectivity index (χ3n) is 5.09. The molecule has 0 fully saturated rings. The monoisotopic (exact) mass is 364 g/mol. The lowest BCUT2D eigenvalue weighted by atomic mass is 10.0. The summed E-state index contributed by atoms with van der Waals surface area (Å²) >= 11 is 0. The van der Waals surface area contributed by atoms with Gasteiger partial charge in [-0.3, -0.25) is 14.6 Å². The standard InChI is InChI=1S/C21H20N2O4/c1-12-10-14-16(11-13(12)2)27-20-17(19(14)24)18(15-6-4-5-7-22-15)23(21(20)25)8-9-26-3/h4-7,10-11,18H,8-9H2,1-3H3. The number of aryl methyl sites for hydroxylation is 2. The zero-order valence-corrected chi connectivity index (χ0v) is 15.5. The van der Waals surface area contributed by atoms with E-state index in [0.29, 0.717) is 35.4 Å². The third-order valence-corrected chi connectivity index (χ3v) is 5.09. The maximum atomic E-state index is 13.3. The van der Waals surface area contributed by atoms with Crippen molar-refractivity contribution in [2.75, 3.05) is 20.3 Å². The molecule has 27 heavy (non-hydrogen) atoms. The van der Waals surface area contributed by atoms with Crippen LogP contribution in [0.1, 0.15) is 39.0 Å². The Kier molecular flexibility index (Phi) is 4.28. The molecule has 1 atom stereocenters. The van der Waals surface area contributed by atoms with E-state index in [-0.39, 0.29) is 17.1 Å². The molecule has 4 rings (SSSR count). The lowest BCUT2D eigenvalue weighted by molar-refractivity contribution is 0.0660. The highest BCUT2D eigenvalue weighted by atomic mass is 16.5. The molecule has 6 nitrogen and oxygen atoms in total. The number of carbonyl (C=O) groups is 1. The zero-order chi connectivity index (χ0) is 19.1. The lowest BCUT2D eigenvalue weighted by Crippen LogP contribution is -2.33. The molecule has 0 saturated heterocycles. The van der Waals surface area contributed by atoms with Crippen molar-refractivity contribution in [1.29, 1.82) is 0 Å². The van der Waals surface area contributed by atoms with Gasteiger partial charge in [0, 0.05) is 19.9 Å². The number of nitrogens with zero attached hydrogens (tertiary/aromatic N) is 2. The molecule has 0 N–H and O–H groups in total. The maximum Gasteiger partial charge on any atom is 0.291 e. The average Bonchev–Trinajstić information content (AvgIpc) is 2.95. The number of pyridine rings is 1. The zero-order valence-electron chi connectivity index (χ0n) is 15.5. The molecule has 0 aliphatic carbocycles. The number of carbonyl (C=O) groups excluding carboxylic acids is 1. The van der Waals surface area contributed by atoms with Crippen LogP contribution in [0.15, 0.2) is 45.7 Å². The number of fused-ring (bicyclic) bond motifs is 2. The van der Waals surface area contributed by atoms with Crippen molar-refractivity contribution in [2.45, 2.75) is 19.9 Å². The number of benzene rings is 1. The average molecular weight is 364 g/mol. The topological polar surface area (TPSA) is 72.6 Å². The Balaban J connectivity index is 1.99. The summed E-state index contributed by atoms with van der Waals surface area (Å²) in [6, 6.07) is 8.52. The molecule has 0 saturated carbocycles. The summed E-state index contributed by atoms with van der Waals surface area (Å²) in [5, 5.41) is 0.485. The first-order chi connectivity index (χ1) is 13.0. The molecular weight excluding hydrogens is 344 g/mol. The number of amides is 1. The molecule has 3 aromatic rings. The van der Waals surface area contributed by atoms with Crippen LogP contribution in [-0.4, -0.2) is 36.1 Å². The van der Waals surface area contributed by atoms with Crippen LogP contribution in [-0.2, 0) is 4.74 Å². The van der Waals surface area contributed by atoms with Gasteiger partial charge in [-0.1, -0.05) is 6.07 Å². The molecule has 2 aromatic heterocycles. The summed E-state index contributed by atoms with van der Waals surface area (Å²) in [5.41, 5.74) is 3.25. The van der Waals surface area contributed by atoms with Crippen molar-refractivity contribution in [1.82, 2.24) is 9.88 Å². The quantitative estimate of drug-likeness (QED) is 0.712. The Hall–Kier alpha value is -2.99. The van der Waals surface area contributed by atoms with Crippen molar-refractivity contribution in [3.63, 3.8) is 0 Å². The highest BCUT2D eigenvalue weighted by Gasteiger charge is 2.43. The summed E-state index contributed by atoms with van der Waals surface area (Å²) in [7, 11) is 1.58. The fourth-order valence-corrected chi connectivity index (χ4v) is 3.54. The fraction of sp³-hybridized carbons (Fsp3) is 0.286. The van der Waals surface area contributed by atoms with Crippen LogP contribution in [0.5, 0.6) is 0 Å². The Labute approximate surface area is 156 Å². The minimum absolute atomic E-state index is 0.0995. The van der Waals surface area contributed by atoms with Gasteiger partial charge >= 0.3 is 0 Å². The first-order valence-corrected chi connectivity index (χ1v) is 8.81. The van der Waals surface area contributed by atoms with Gasteiger partial charge in [0.15, 0.2) is 5.43 Å². The van der Waals surface area contributed by atoms with E-state index < -0.39 is 6.04 Å². The van der Waals surface area contributed by atoms with E-state index in [9.17, 15) is 9.59 Å². The predicted octanol–water partition coefficient (Wildman–Crippen LogP) is 3.00. The van der Waals surface area contributed by atoms with E-state index in [4.69, 9.17) is 9.15 Å². The van der Waals surface area contributed by atoms with Crippen LogP contribution in [0.4, 0.5) is 0 Å². The first-order valence-electron chi connectivity index (χ1n) is 8.81. The van der Waals surface area contributed by atoms with E-state index in [0.717, 1.165) is 11.1 Å². The summed E-state index contributed by atoms with van der Waals surface area (Å²) in [6.07, 6.45) is 1.66. The second-order valence-electron chi connectivity index (χ2n) is 6.76. The number of hydrogen-bond acceptors (Lipinski definition) is 5. The van der Waals surface area contributed by atoms with Gasteiger partial charge in [0.1, 0.15) is 11.6 Å². The molecule has 1 aromatic carbocycles. The summed E-state index contributed by atoms with van der Waals surface area (Å²) in [6.45, 7) is 4.60. The molecule has 1 amide bonds. The van der Waals surface area contributed by atoms with Gasteiger partial charge in [0.25, 0.3) is 5.91 Å². The Morgan fingerprint density at radius 2 is 1.96 bits per heavy atom. The normalized spacial score (nSPS) is 16.2. The van der Waals surface area contributed by atoms with Crippen LogP contribution in [0.3, 0.4) is 0 Å². The van der Waals surface area contributed by atoms with Crippen molar-refractivity contribution in [3.8, 4) is 0 Å². The number of hydrogen-bond donors (Lipinski definition) is 0. The van der Waals surface area contributed by atoms with Crippen LogP contribution < -0.4 is 5.43 Å². The van der Waals surface area contributed by atoms with Gasteiger partial charge < -0.3 is 14.1 Å². The van der Waals surface area contributed by atoms with Crippen molar-refractivity contribution in [2.24, 2.45) is 0 Å². The molecule has 3 heterocycles.